The predicted molar refractivity (Wildman–Crippen MR) is 67.2 cm³/mol. The summed E-state index contributed by atoms with van der Waals surface area (Å²) in [4.78, 5) is 0. The van der Waals surface area contributed by atoms with E-state index in [0.717, 1.165) is 22.0 Å². The first-order valence-electron chi connectivity index (χ1n) is 4.68. The van der Waals surface area contributed by atoms with Crippen LogP contribution in [-0.4, -0.2) is 6.10 Å². The van der Waals surface area contributed by atoms with Gasteiger partial charge in [0.25, 0.3) is 0 Å². The topological polar surface area (TPSA) is 9.23 Å². The molecule has 0 radical (unpaired) electrons. The summed E-state index contributed by atoms with van der Waals surface area (Å²) >= 11 is 6.90. The number of benzene rings is 1. The first-order chi connectivity index (χ1) is 6.67. The van der Waals surface area contributed by atoms with E-state index in [2.05, 4.69) is 51.8 Å². The lowest BCUT2D eigenvalue weighted by Gasteiger charge is -2.15. The van der Waals surface area contributed by atoms with E-state index in [1.54, 1.807) is 0 Å². The van der Waals surface area contributed by atoms with Crippen molar-refractivity contribution in [2.75, 3.05) is 0 Å². The van der Waals surface area contributed by atoms with E-state index in [0.29, 0.717) is 0 Å². The first-order valence-corrected chi connectivity index (χ1v) is 6.59. The minimum atomic E-state index is 0.272. The van der Waals surface area contributed by atoms with Crippen LogP contribution in [0.2, 0.25) is 0 Å². The summed E-state index contributed by atoms with van der Waals surface area (Å²) in [6.07, 6.45) is 1.30. The zero-order chi connectivity index (χ0) is 10.6. The third kappa shape index (κ3) is 3.28. The van der Waals surface area contributed by atoms with Crippen LogP contribution in [0.5, 0.6) is 5.75 Å². The van der Waals surface area contributed by atoms with Crippen molar-refractivity contribution in [3.8, 4) is 5.75 Å². The van der Waals surface area contributed by atoms with Gasteiger partial charge >= 0.3 is 0 Å². The standard InChI is InChI=1S/C11H14Br2O/c1-3-8(2)14-11-5-4-10(13)6-9(11)7-12/h4-6,8H,3,7H2,1-2H3. The van der Waals surface area contributed by atoms with Gasteiger partial charge < -0.3 is 4.74 Å². The summed E-state index contributed by atoms with van der Waals surface area (Å²) < 4.78 is 6.88. The maximum atomic E-state index is 5.79. The fourth-order valence-corrected chi connectivity index (χ4v) is 1.91. The zero-order valence-corrected chi connectivity index (χ0v) is 11.6. The van der Waals surface area contributed by atoms with Crippen LogP contribution in [0.3, 0.4) is 0 Å². The van der Waals surface area contributed by atoms with Crippen molar-refractivity contribution in [1.29, 1.82) is 0 Å². The van der Waals surface area contributed by atoms with E-state index < -0.39 is 0 Å². The van der Waals surface area contributed by atoms with Gasteiger partial charge in [0.05, 0.1) is 6.10 Å². The molecule has 0 aliphatic heterocycles. The molecule has 1 aromatic carbocycles. The van der Waals surface area contributed by atoms with Gasteiger partial charge in [-0.25, -0.2) is 0 Å². The van der Waals surface area contributed by atoms with Gasteiger partial charge in [-0.2, -0.15) is 0 Å². The normalized spacial score (nSPS) is 12.6. The number of alkyl halides is 1. The lowest BCUT2D eigenvalue weighted by atomic mass is 10.2. The minimum Gasteiger partial charge on any atom is -0.490 e. The van der Waals surface area contributed by atoms with Gasteiger partial charge in [-0.3, -0.25) is 0 Å². The second-order valence-corrected chi connectivity index (χ2v) is 4.70. The zero-order valence-electron chi connectivity index (χ0n) is 8.39. The number of rotatable bonds is 4. The van der Waals surface area contributed by atoms with Crippen LogP contribution in [0.1, 0.15) is 25.8 Å². The highest BCUT2D eigenvalue weighted by Gasteiger charge is 2.06. The molecule has 0 amide bonds. The predicted octanol–water partition coefficient (Wildman–Crippen LogP) is 4.52. The smallest absolute Gasteiger partial charge is 0.123 e. The Labute approximate surface area is 102 Å². The molecule has 0 spiro atoms. The largest absolute Gasteiger partial charge is 0.490 e. The molecule has 0 heterocycles. The summed E-state index contributed by atoms with van der Waals surface area (Å²) in [6.45, 7) is 4.21. The van der Waals surface area contributed by atoms with Crippen LogP contribution in [0.4, 0.5) is 0 Å². The molecular weight excluding hydrogens is 308 g/mol. The highest BCUT2D eigenvalue weighted by molar-refractivity contribution is 9.10. The van der Waals surface area contributed by atoms with Crippen LogP contribution < -0.4 is 4.74 Å². The number of ether oxygens (including phenoxy) is 1. The Hall–Kier alpha value is -0.0200. The van der Waals surface area contributed by atoms with Gasteiger partial charge in [-0.05, 0) is 31.5 Å². The van der Waals surface area contributed by atoms with E-state index in [-0.39, 0.29) is 6.10 Å². The van der Waals surface area contributed by atoms with Crippen molar-refractivity contribution in [3.05, 3.63) is 28.2 Å². The molecule has 1 aromatic rings. The molecule has 14 heavy (non-hydrogen) atoms. The Morgan fingerprint density at radius 3 is 2.71 bits per heavy atom. The fourth-order valence-electron chi connectivity index (χ4n) is 1.07. The molecule has 0 saturated carbocycles. The Morgan fingerprint density at radius 2 is 2.14 bits per heavy atom. The van der Waals surface area contributed by atoms with Crippen LogP contribution in [0, 0.1) is 0 Å². The van der Waals surface area contributed by atoms with E-state index >= 15 is 0 Å². The van der Waals surface area contributed by atoms with Crippen molar-refractivity contribution in [1.82, 2.24) is 0 Å². The Morgan fingerprint density at radius 1 is 1.43 bits per heavy atom. The van der Waals surface area contributed by atoms with E-state index in [1.165, 1.54) is 5.56 Å². The molecule has 0 aromatic heterocycles. The van der Waals surface area contributed by atoms with Gasteiger partial charge in [0.2, 0.25) is 0 Å². The summed E-state index contributed by atoms with van der Waals surface area (Å²) in [5, 5.41) is 0.818. The van der Waals surface area contributed by atoms with Crippen LogP contribution in [-0.2, 0) is 5.33 Å². The third-order valence-corrected chi connectivity index (χ3v) is 3.17. The Balaban J connectivity index is 2.85. The van der Waals surface area contributed by atoms with Crippen molar-refractivity contribution >= 4 is 31.9 Å². The van der Waals surface area contributed by atoms with Crippen LogP contribution >= 0.6 is 31.9 Å². The monoisotopic (exact) mass is 320 g/mol. The molecule has 0 bridgehead atoms. The lowest BCUT2D eigenvalue weighted by Crippen LogP contribution is -2.10. The van der Waals surface area contributed by atoms with Gasteiger partial charge in [0.15, 0.2) is 0 Å². The molecule has 0 saturated heterocycles. The highest BCUT2D eigenvalue weighted by Crippen LogP contribution is 2.26. The molecule has 1 unspecified atom stereocenters. The molecule has 0 fully saturated rings. The van der Waals surface area contributed by atoms with Crippen molar-refractivity contribution < 1.29 is 4.74 Å². The average Bonchev–Trinajstić information content (AvgIpc) is 2.20. The highest BCUT2D eigenvalue weighted by atomic mass is 79.9. The van der Waals surface area contributed by atoms with Gasteiger partial charge in [-0.1, -0.05) is 38.8 Å². The van der Waals surface area contributed by atoms with Crippen LogP contribution in [0.25, 0.3) is 0 Å². The fraction of sp³-hybridized carbons (Fsp3) is 0.455. The molecule has 78 valence electrons. The Bertz CT molecular complexity index is 299. The molecular formula is C11H14Br2O. The number of halogens is 2. The average molecular weight is 322 g/mol. The maximum absolute atomic E-state index is 5.79. The van der Waals surface area contributed by atoms with Gasteiger partial charge in [-0.15, -0.1) is 0 Å². The van der Waals surface area contributed by atoms with Crippen molar-refractivity contribution in [3.63, 3.8) is 0 Å². The van der Waals surface area contributed by atoms with Gasteiger partial charge in [0.1, 0.15) is 5.75 Å². The number of hydrogen-bond donors (Lipinski definition) is 0. The lowest BCUT2D eigenvalue weighted by molar-refractivity contribution is 0.216. The summed E-state index contributed by atoms with van der Waals surface area (Å²) in [5.41, 5.74) is 1.18. The Kier molecular flexibility index (Phi) is 4.96. The maximum Gasteiger partial charge on any atom is 0.123 e. The number of hydrogen-bond acceptors (Lipinski definition) is 1. The molecule has 0 aliphatic carbocycles. The van der Waals surface area contributed by atoms with Gasteiger partial charge in [0, 0.05) is 15.4 Å². The molecule has 0 aliphatic rings. The second-order valence-electron chi connectivity index (χ2n) is 3.22. The molecule has 1 atom stereocenters. The SMILES string of the molecule is CCC(C)Oc1ccc(Br)cc1CBr. The second kappa shape index (κ2) is 5.76. The first kappa shape index (κ1) is 12.1. The van der Waals surface area contributed by atoms with E-state index in [1.807, 2.05) is 12.1 Å². The van der Waals surface area contributed by atoms with Crippen molar-refractivity contribution in [2.45, 2.75) is 31.7 Å². The molecule has 0 N–H and O–H groups in total. The summed E-state index contributed by atoms with van der Waals surface area (Å²) in [6, 6.07) is 6.09. The molecule has 1 rings (SSSR count). The molecule has 1 nitrogen and oxygen atoms in total. The van der Waals surface area contributed by atoms with E-state index in [4.69, 9.17) is 4.74 Å². The van der Waals surface area contributed by atoms with Crippen molar-refractivity contribution in [2.24, 2.45) is 0 Å². The van der Waals surface area contributed by atoms with E-state index in [9.17, 15) is 0 Å². The third-order valence-electron chi connectivity index (χ3n) is 2.07. The summed E-state index contributed by atoms with van der Waals surface area (Å²) in [5.74, 6) is 0.972. The van der Waals surface area contributed by atoms with Crippen LogP contribution in [0.15, 0.2) is 22.7 Å². The minimum absolute atomic E-state index is 0.272. The molecule has 3 heteroatoms. The quantitative estimate of drug-likeness (QED) is 0.741. The summed E-state index contributed by atoms with van der Waals surface area (Å²) in [7, 11) is 0.